The molecule has 0 aromatic heterocycles. The average Bonchev–Trinajstić information content (AvgIpc) is 2.34. The van der Waals surface area contributed by atoms with Crippen molar-refractivity contribution in [2.24, 2.45) is 5.73 Å². The van der Waals surface area contributed by atoms with E-state index in [2.05, 4.69) is 41.0 Å². The number of thiocarbonyl (C=S) groups is 1. The monoisotopic (exact) mass is 263 g/mol. The van der Waals surface area contributed by atoms with Gasteiger partial charge in [0, 0.05) is 39.3 Å². The molecule has 1 saturated heterocycles. The number of nitrogens with zero attached hydrogens (tertiary/aromatic N) is 2. The van der Waals surface area contributed by atoms with E-state index in [1.54, 1.807) is 0 Å². The average molecular weight is 263 g/mol. The van der Waals surface area contributed by atoms with Crippen LogP contribution in [0.5, 0.6) is 0 Å². The van der Waals surface area contributed by atoms with Gasteiger partial charge in [0.05, 0.1) is 4.99 Å². The third-order valence-corrected chi connectivity index (χ3v) is 3.50. The van der Waals surface area contributed by atoms with Crippen LogP contribution in [0.15, 0.2) is 24.3 Å². The van der Waals surface area contributed by atoms with Gasteiger partial charge in [-0.1, -0.05) is 42.0 Å². The quantitative estimate of drug-likeness (QED) is 0.832. The van der Waals surface area contributed by atoms with Gasteiger partial charge in [-0.05, 0) is 12.5 Å². The molecule has 2 rings (SSSR count). The van der Waals surface area contributed by atoms with Crippen LogP contribution in [0, 0.1) is 6.92 Å². The molecule has 0 radical (unpaired) electrons. The van der Waals surface area contributed by atoms with Crippen LogP contribution in [0.2, 0.25) is 0 Å². The molecule has 2 N–H and O–H groups in total. The number of benzene rings is 1. The summed E-state index contributed by atoms with van der Waals surface area (Å²) in [5, 5.41) is 0. The molecule has 1 aliphatic heterocycles. The number of hydrogen-bond acceptors (Lipinski definition) is 3. The predicted molar refractivity (Wildman–Crippen MR) is 79.7 cm³/mol. The molecule has 4 heteroatoms. The second-order valence-electron chi connectivity index (χ2n) is 5.00. The molecule has 1 fully saturated rings. The van der Waals surface area contributed by atoms with Crippen molar-refractivity contribution < 1.29 is 0 Å². The van der Waals surface area contributed by atoms with Crippen LogP contribution in [-0.4, -0.2) is 47.5 Å². The van der Waals surface area contributed by atoms with Crippen molar-refractivity contribution in [3.05, 3.63) is 35.4 Å². The number of rotatable bonds is 4. The van der Waals surface area contributed by atoms with E-state index >= 15 is 0 Å². The Morgan fingerprint density at radius 3 is 2.22 bits per heavy atom. The Bertz CT molecular complexity index is 394. The Kier molecular flexibility index (Phi) is 4.69. The molecule has 98 valence electrons. The fourth-order valence-electron chi connectivity index (χ4n) is 2.28. The Morgan fingerprint density at radius 1 is 1.11 bits per heavy atom. The molecule has 0 amide bonds. The summed E-state index contributed by atoms with van der Waals surface area (Å²) in [6, 6.07) is 8.80. The third-order valence-electron chi connectivity index (χ3n) is 3.37. The minimum absolute atomic E-state index is 0.599. The zero-order valence-electron chi connectivity index (χ0n) is 10.9. The molecule has 0 atom stereocenters. The first-order valence-electron chi connectivity index (χ1n) is 6.42. The van der Waals surface area contributed by atoms with E-state index in [0.717, 1.165) is 39.3 Å². The second-order valence-corrected chi connectivity index (χ2v) is 5.53. The van der Waals surface area contributed by atoms with E-state index in [1.165, 1.54) is 11.1 Å². The second kappa shape index (κ2) is 6.27. The third kappa shape index (κ3) is 4.05. The molecule has 0 aliphatic carbocycles. The highest BCUT2D eigenvalue weighted by Gasteiger charge is 2.16. The molecule has 0 unspecified atom stereocenters. The van der Waals surface area contributed by atoms with Crippen LogP contribution in [0.1, 0.15) is 11.1 Å². The van der Waals surface area contributed by atoms with Gasteiger partial charge in [-0.3, -0.25) is 9.80 Å². The summed E-state index contributed by atoms with van der Waals surface area (Å²) in [6.45, 7) is 8.23. The number of piperazine rings is 1. The first-order valence-corrected chi connectivity index (χ1v) is 6.83. The van der Waals surface area contributed by atoms with Gasteiger partial charge in [0.2, 0.25) is 0 Å². The molecule has 0 spiro atoms. The maximum absolute atomic E-state index is 5.57. The lowest BCUT2D eigenvalue weighted by Gasteiger charge is -2.34. The van der Waals surface area contributed by atoms with E-state index in [9.17, 15) is 0 Å². The molecule has 0 saturated carbocycles. The normalized spacial score (nSPS) is 17.8. The first kappa shape index (κ1) is 13.5. The molecular formula is C14H21N3S. The van der Waals surface area contributed by atoms with Gasteiger partial charge in [-0.15, -0.1) is 0 Å². The smallest absolute Gasteiger partial charge is 0.0870 e. The van der Waals surface area contributed by atoms with Crippen molar-refractivity contribution >= 4 is 17.2 Å². The van der Waals surface area contributed by atoms with E-state index in [4.69, 9.17) is 18.0 Å². The maximum atomic E-state index is 5.57. The number of aryl methyl sites for hydroxylation is 1. The Hall–Kier alpha value is -0.970. The Labute approximate surface area is 115 Å². The van der Waals surface area contributed by atoms with E-state index < -0.39 is 0 Å². The van der Waals surface area contributed by atoms with E-state index in [-0.39, 0.29) is 0 Å². The summed E-state index contributed by atoms with van der Waals surface area (Å²) < 4.78 is 0. The van der Waals surface area contributed by atoms with Crippen molar-refractivity contribution in [2.75, 3.05) is 32.7 Å². The lowest BCUT2D eigenvalue weighted by Crippen LogP contribution is -2.48. The fraction of sp³-hybridized carbons (Fsp3) is 0.500. The summed E-state index contributed by atoms with van der Waals surface area (Å²) in [6.07, 6.45) is 0. The minimum atomic E-state index is 0.599. The van der Waals surface area contributed by atoms with Crippen LogP contribution < -0.4 is 5.73 Å². The highest BCUT2D eigenvalue weighted by atomic mass is 32.1. The zero-order valence-corrected chi connectivity index (χ0v) is 11.7. The van der Waals surface area contributed by atoms with Crippen molar-refractivity contribution in [3.63, 3.8) is 0 Å². The van der Waals surface area contributed by atoms with Gasteiger partial charge in [0.1, 0.15) is 0 Å². The van der Waals surface area contributed by atoms with Crippen molar-refractivity contribution in [1.82, 2.24) is 9.80 Å². The number of nitrogens with two attached hydrogens (primary N) is 1. The fourth-order valence-corrected chi connectivity index (χ4v) is 2.46. The van der Waals surface area contributed by atoms with Gasteiger partial charge >= 0.3 is 0 Å². The highest BCUT2D eigenvalue weighted by molar-refractivity contribution is 7.80. The van der Waals surface area contributed by atoms with Gasteiger partial charge in [-0.25, -0.2) is 0 Å². The standard InChI is InChI=1S/C14H21N3S/c1-12-2-4-13(5-3-12)10-16-6-8-17(9-7-16)11-14(15)18/h2-5H,6-11H2,1H3,(H2,15,18). The lowest BCUT2D eigenvalue weighted by molar-refractivity contribution is 0.140. The topological polar surface area (TPSA) is 32.5 Å². The molecule has 3 nitrogen and oxygen atoms in total. The molecule has 0 bridgehead atoms. The van der Waals surface area contributed by atoms with Crippen LogP contribution in [-0.2, 0) is 6.54 Å². The number of hydrogen-bond donors (Lipinski definition) is 1. The zero-order chi connectivity index (χ0) is 13.0. The maximum Gasteiger partial charge on any atom is 0.0870 e. The first-order chi connectivity index (χ1) is 8.63. The Morgan fingerprint density at radius 2 is 1.67 bits per heavy atom. The highest BCUT2D eigenvalue weighted by Crippen LogP contribution is 2.09. The molecule has 18 heavy (non-hydrogen) atoms. The van der Waals surface area contributed by atoms with Crippen LogP contribution in [0.3, 0.4) is 0 Å². The van der Waals surface area contributed by atoms with Crippen molar-refractivity contribution in [2.45, 2.75) is 13.5 Å². The van der Waals surface area contributed by atoms with Gasteiger partial charge in [0.25, 0.3) is 0 Å². The SMILES string of the molecule is Cc1ccc(CN2CCN(CC(N)=S)CC2)cc1. The van der Waals surface area contributed by atoms with Crippen LogP contribution in [0.25, 0.3) is 0 Å². The van der Waals surface area contributed by atoms with E-state index in [1.807, 2.05) is 0 Å². The molecule has 1 aromatic rings. The molecule has 1 aromatic carbocycles. The predicted octanol–water partition coefficient (Wildman–Crippen LogP) is 1.40. The van der Waals surface area contributed by atoms with Crippen molar-refractivity contribution in [3.8, 4) is 0 Å². The summed E-state index contributed by atoms with van der Waals surface area (Å²) in [5.74, 6) is 0. The largest absolute Gasteiger partial charge is 0.392 e. The summed E-state index contributed by atoms with van der Waals surface area (Å²) in [5.41, 5.74) is 8.28. The minimum Gasteiger partial charge on any atom is -0.392 e. The van der Waals surface area contributed by atoms with Gasteiger partial charge in [-0.2, -0.15) is 0 Å². The summed E-state index contributed by atoms with van der Waals surface area (Å²) in [7, 11) is 0. The van der Waals surface area contributed by atoms with Crippen LogP contribution in [0.4, 0.5) is 0 Å². The van der Waals surface area contributed by atoms with Gasteiger partial charge in [0.15, 0.2) is 0 Å². The van der Waals surface area contributed by atoms with E-state index in [0.29, 0.717) is 4.99 Å². The Balaban J connectivity index is 1.79. The molecular weight excluding hydrogens is 242 g/mol. The summed E-state index contributed by atoms with van der Waals surface area (Å²) >= 11 is 4.95. The molecule has 1 aliphatic rings. The lowest BCUT2D eigenvalue weighted by atomic mass is 10.1. The van der Waals surface area contributed by atoms with Crippen molar-refractivity contribution in [1.29, 1.82) is 0 Å². The van der Waals surface area contributed by atoms with Crippen LogP contribution >= 0.6 is 12.2 Å². The molecule has 1 heterocycles. The summed E-state index contributed by atoms with van der Waals surface area (Å²) in [4.78, 5) is 5.41. The van der Waals surface area contributed by atoms with Gasteiger partial charge < -0.3 is 5.73 Å².